The average Bonchev–Trinajstić information content (AvgIpc) is 3.37. The molecular formula is C20H28IN5O2. The summed E-state index contributed by atoms with van der Waals surface area (Å²) in [6.45, 7) is 5.13. The van der Waals surface area contributed by atoms with E-state index >= 15 is 0 Å². The molecule has 152 valence electrons. The third kappa shape index (κ3) is 6.74. The fraction of sp³-hybridized carbons (Fsp3) is 0.400. The molecule has 3 N–H and O–H groups in total. The molecule has 1 atom stereocenters. The molecule has 0 bridgehead atoms. The summed E-state index contributed by atoms with van der Waals surface area (Å²) in [4.78, 5) is 18.8. The number of para-hydroxylation sites is 1. The Morgan fingerprint density at radius 2 is 2.04 bits per heavy atom. The molecule has 0 radical (unpaired) electrons. The first-order chi connectivity index (χ1) is 13.2. The predicted octanol–water partition coefficient (Wildman–Crippen LogP) is 2.35. The summed E-state index contributed by atoms with van der Waals surface area (Å²) in [7, 11) is 0. The van der Waals surface area contributed by atoms with Crippen molar-refractivity contribution in [3.8, 4) is 0 Å². The molecule has 3 rings (SSSR count). The van der Waals surface area contributed by atoms with E-state index in [0.717, 1.165) is 31.8 Å². The Kier molecular flexibility index (Phi) is 9.12. The molecule has 1 aliphatic heterocycles. The summed E-state index contributed by atoms with van der Waals surface area (Å²) < 4.78 is 5.20. The number of rotatable bonds is 7. The number of guanidine groups is 1. The highest BCUT2D eigenvalue weighted by Crippen LogP contribution is 2.19. The van der Waals surface area contributed by atoms with Crippen LogP contribution >= 0.6 is 24.0 Å². The molecule has 8 heteroatoms. The van der Waals surface area contributed by atoms with Crippen molar-refractivity contribution in [1.82, 2.24) is 16.0 Å². The average molecular weight is 497 g/mol. The lowest BCUT2D eigenvalue weighted by Crippen LogP contribution is -2.45. The number of aliphatic imine (C=N–C) groups is 1. The van der Waals surface area contributed by atoms with E-state index in [9.17, 15) is 4.79 Å². The molecular weight excluding hydrogens is 469 g/mol. The van der Waals surface area contributed by atoms with Crippen molar-refractivity contribution in [3.63, 3.8) is 0 Å². The number of benzene rings is 1. The Bertz CT molecular complexity index is 736. The summed E-state index contributed by atoms with van der Waals surface area (Å²) in [6.07, 6.45) is 2.62. The highest BCUT2D eigenvalue weighted by atomic mass is 127. The van der Waals surface area contributed by atoms with Crippen LogP contribution in [0.4, 0.5) is 5.69 Å². The Hall–Kier alpha value is -2.23. The van der Waals surface area contributed by atoms with E-state index in [4.69, 9.17) is 4.42 Å². The predicted molar refractivity (Wildman–Crippen MR) is 122 cm³/mol. The zero-order valence-electron chi connectivity index (χ0n) is 16.1. The Balaban J connectivity index is 0.00000280. The second kappa shape index (κ2) is 11.6. The molecule has 1 unspecified atom stereocenters. The van der Waals surface area contributed by atoms with E-state index in [2.05, 4.69) is 50.1 Å². The van der Waals surface area contributed by atoms with Gasteiger partial charge in [0.15, 0.2) is 5.96 Å². The number of amides is 1. The number of furan rings is 1. The van der Waals surface area contributed by atoms with Crippen LogP contribution in [0, 0.1) is 0 Å². The number of carbonyl (C=O) groups is 1. The second-order valence-electron chi connectivity index (χ2n) is 6.46. The lowest BCUT2D eigenvalue weighted by molar-refractivity contribution is -0.119. The van der Waals surface area contributed by atoms with Crippen molar-refractivity contribution in [2.24, 2.45) is 4.99 Å². The third-order valence-electron chi connectivity index (χ3n) is 4.42. The van der Waals surface area contributed by atoms with Crippen molar-refractivity contribution in [3.05, 3.63) is 54.5 Å². The van der Waals surface area contributed by atoms with E-state index in [1.807, 2.05) is 19.1 Å². The van der Waals surface area contributed by atoms with Crippen molar-refractivity contribution in [1.29, 1.82) is 0 Å². The van der Waals surface area contributed by atoms with Crippen LogP contribution in [0.2, 0.25) is 0 Å². The highest BCUT2D eigenvalue weighted by molar-refractivity contribution is 14.0. The summed E-state index contributed by atoms with van der Waals surface area (Å²) >= 11 is 0. The first-order valence-electron chi connectivity index (χ1n) is 9.38. The van der Waals surface area contributed by atoms with Gasteiger partial charge in [-0.15, -0.1) is 24.0 Å². The minimum atomic E-state index is -0.138. The van der Waals surface area contributed by atoms with Crippen LogP contribution in [0.5, 0.6) is 0 Å². The van der Waals surface area contributed by atoms with Crippen LogP contribution in [0.1, 0.15) is 19.1 Å². The van der Waals surface area contributed by atoms with E-state index in [1.165, 1.54) is 5.69 Å². The Morgan fingerprint density at radius 1 is 1.21 bits per heavy atom. The standard InChI is InChI=1S/C20H27N5O2.HI/c1-2-21-20(23-14-19(26)22-13-18-9-6-12-27-18)24-16-10-11-25(15-16)17-7-4-3-5-8-17;/h3-9,12,16H,2,10-11,13-15H2,1H3,(H,22,26)(H2,21,23,24);1H. The van der Waals surface area contributed by atoms with E-state index in [1.54, 1.807) is 12.3 Å². The summed E-state index contributed by atoms with van der Waals surface area (Å²) in [6, 6.07) is 14.3. The third-order valence-corrected chi connectivity index (χ3v) is 4.42. The molecule has 1 amide bonds. The maximum atomic E-state index is 12.0. The van der Waals surface area contributed by atoms with Gasteiger partial charge in [-0.2, -0.15) is 0 Å². The molecule has 1 fully saturated rings. The number of halogens is 1. The smallest absolute Gasteiger partial charge is 0.242 e. The maximum absolute atomic E-state index is 12.0. The summed E-state index contributed by atoms with van der Waals surface area (Å²) in [5, 5.41) is 9.45. The summed E-state index contributed by atoms with van der Waals surface area (Å²) in [5.41, 5.74) is 1.24. The van der Waals surface area contributed by atoms with E-state index in [0.29, 0.717) is 18.5 Å². The number of nitrogens with one attached hydrogen (secondary N) is 3. The van der Waals surface area contributed by atoms with Crippen molar-refractivity contribution < 1.29 is 9.21 Å². The molecule has 2 heterocycles. The highest BCUT2D eigenvalue weighted by Gasteiger charge is 2.23. The van der Waals surface area contributed by atoms with Gasteiger partial charge in [0.25, 0.3) is 0 Å². The number of anilines is 1. The number of hydrogen-bond acceptors (Lipinski definition) is 4. The van der Waals surface area contributed by atoms with Gasteiger partial charge in [0.1, 0.15) is 12.3 Å². The van der Waals surface area contributed by atoms with Gasteiger partial charge >= 0.3 is 0 Å². The van der Waals surface area contributed by atoms with Crippen molar-refractivity contribution in [2.75, 3.05) is 31.1 Å². The van der Waals surface area contributed by atoms with E-state index in [-0.39, 0.29) is 36.4 Å². The molecule has 2 aromatic rings. The fourth-order valence-corrected chi connectivity index (χ4v) is 3.07. The minimum Gasteiger partial charge on any atom is -0.467 e. The summed E-state index contributed by atoms with van der Waals surface area (Å²) in [5.74, 6) is 1.26. The van der Waals surface area contributed by atoms with Crippen LogP contribution in [0.3, 0.4) is 0 Å². The zero-order valence-corrected chi connectivity index (χ0v) is 18.4. The van der Waals surface area contributed by atoms with Gasteiger partial charge in [-0.25, -0.2) is 4.99 Å². The SMILES string of the molecule is CCNC(=NCC(=O)NCc1ccco1)NC1CCN(c2ccccc2)C1.I. The fourth-order valence-electron chi connectivity index (χ4n) is 3.07. The van der Waals surface area contributed by atoms with Crippen molar-refractivity contribution >= 4 is 41.5 Å². The topological polar surface area (TPSA) is 81.9 Å². The Morgan fingerprint density at radius 3 is 2.75 bits per heavy atom. The molecule has 0 aliphatic carbocycles. The van der Waals surface area contributed by atoms with Gasteiger partial charge in [-0.1, -0.05) is 18.2 Å². The second-order valence-corrected chi connectivity index (χ2v) is 6.46. The van der Waals surface area contributed by atoms with Gasteiger partial charge in [0, 0.05) is 31.4 Å². The Labute approximate surface area is 183 Å². The van der Waals surface area contributed by atoms with Gasteiger partial charge in [0.2, 0.25) is 5.91 Å². The maximum Gasteiger partial charge on any atom is 0.242 e. The van der Waals surface area contributed by atoms with Crippen LogP contribution in [-0.2, 0) is 11.3 Å². The van der Waals surface area contributed by atoms with Crippen LogP contribution in [-0.4, -0.2) is 44.1 Å². The lowest BCUT2D eigenvalue weighted by Gasteiger charge is -2.20. The monoisotopic (exact) mass is 497 g/mol. The normalized spacial score (nSPS) is 16.4. The molecule has 1 aromatic carbocycles. The number of carbonyl (C=O) groups excluding carboxylic acids is 1. The first kappa shape index (κ1) is 22.1. The largest absolute Gasteiger partial charge is 0.467 e. The number of hydrogen-bond donors (Lipinski definition) is 3. The van der Waals surface area contributed by atoms with Gasteiger partial charge in [-0.05, 0) is 37.6 Å². The molecule has 1 aliphatic rings. The van der Waals surface area contributed by atoms with Crippen molar-refractivity contribution in [2.45, 2.75) is 25.9 Å². The molecule has 7 nitrogen and oxygen atoms in total. The van der Waals surface area contributed by atoms with Gasteiger partial charge in [-0.3, -0.25) is 4.79 Å². The van der Waals surface area contributed by atoms with Gasteiger partial charge < -0.3 is 25.3 Å². The van der Waals surface area contributed by atoms with E-state index < -0.39 is 0 Å². The molecule has 1 saturated heterocycles. The molecule has 28 heavy (non-hydrogen) atoms. The zero-order chi connectivity index (χ0) is 18.9. The molecule has 1 aromatic heterocycles. The van der Waals surface area contributed by atoms with Crippen LogP contribution < -0.4 is 20.9 Å². The van der Waals surface area contributed by atoms with Crippen LogP contribution in [0.15, 0.2) is 58.1 Å². The molecule has 0 saturated carbocycles. The van der Waals surface area contributed by atoms with Crippen LogP contribution in [0.25, 0.3) is 0 Å². The van der Waals surface area contributed by atoms with Gasteiger partial charge in [0.05, 0.1) is 12.8 Å². The quantitative estimate of drug-likeness (QED) is 0.311. The minimum absolute atomic E-state index is 0. The molecule has 0 spiro atoms. The lowest BCUT2D eigenvalue weighted by atomic mass is 10.3. The first-order valence-corrected chi connectivity index (χ1v) is 9.38. The number of nitrogens with zero attached hydrogens (tertiary/aromatic N) is 2.